The summed E-state index contributed by atoms with van der Waals surface area (Å²) < 4.78 is 5.11. The zero-order chi connectivity index (χ0) is 10.4. The van der Waals surface area contributed by atoms with Gasteiger partial charge in [-0.25, -0.2) is 4.79 Å². The van der Waals surface area contributed by atoms with Crippen molar-refractivity contribution in [2.45, 2.75) is 6.42 Å². The predicted octanol–water partition coefficient (Wildman–Crippen LogP) is -1.10. The topological polar surface area (TPSA) is 84.7 Å². The number of primary amides is 1. The second kappa shape index (κ2) is 5.43. The molecule has 0 aromatic rings. The Labute approximate surface area is 82.4 Å². The van der Waals surface area contributed by atoms with Gasteiger partial charge in [-0.2, -0.15) is 0 Å². The summed E-state index contributed by atoms with van der Waals surface area (Å²) in [5.41, 5.74) is 4.86. The van der Waals surface area contributed by atoms with Gasteiger partial charge in [-0.05, 0) is 0 Å². The number of hydrogen-bond acceptors (Lipinski definition) is 3. The minimum atomic E-state index is -0.597. The molecule has 1 saturated heterocycles. The molecular weight excluding hydrogens is 186 g/mol. The van der Waals surface area contributed by atoms with E-state index in [0.29, 0.717) is 39.3 Å². The van der Waals surface area contributed by atoms with Crippen LogP contribution in [-0.4, -0.2) is 49.7 Å². The summed E-state index contributed by atoms with van der Waals surface area (Å²) in [7, 11) is 0. The van der Waals surface area contributed by atoms with Crippen LogP contribution in [0.4, 0.5) is 4.79 Å². The second-order valence-electron chi connectivity index (χ2n) is 3.03. The lowest BCUT2D eigenvalue weighted by Gasteiger charge is -2.26. The highest BCUT2D eigenvalue weighted by Crippen LogP contribution is 1.99. The van der Waals surface area contributed by atoms with Crippen LogP contribution < -0.4 is 11.1 Å². The molecule has 6 heteroatoms. The molecule has 0 aromatic carbocycles. The lowest BCUT2D eigenvalue weighted by atomic mass is 10.3. The number of nitrogens with one attached hydrogen (secondary N) is 1. The molecule has 1 fully saturated rings. The van der Waals surface area contributed by atoms with E-state index in [4.69, 9.17) is 10.5 Å². The second-order valence-corrected chi connectivity index (χ2v) is 3.03. The van der Waals surface area contributed by atoms with Crippen molar-refractivity contribution in [1.29, 1.82) is 0 Å². The fraction of sp³-hybridized carbons (Fsp3) is 0.750. The van der Waals surface area contributed by atoms with Crippen LogP contribution in [0.15, 0.2) is 0 Å². The molecule has 1 rings (SSSR count). The number of carbonyl (C=O) groups excluding carboxylic acids is 2. The molecule has 6 nitrogen and oxygen atoms in total. The Morgan fingerprint density at radius 1 is 1.36 bits per heavy atom. The Morgan fingerprint density at radius 2 is 2.00 bits per heavy atom. The minimum Gasteiger partial charge on any atom is -0.378 e. The van der Waals surface area contributed by atoms with Gasteiger partial charge in [0.05, 0.1) is 13.2 Å². The summed E-state index contributed by atoms with van der Waals surface area (Å²) in [6, 6.07) is -0.597. The first-order chi connectivity index (χ1) is 6.70. The highest BCUT2D eigenvalue weighted by molar-refractivity contribution is 5.77. The molecule has 0 aliphatic carbocycles. The molecule has 80 valence electrons. The van der Waals surface area contributed by atoms with E-state index < -0.39 is 6.03 Å². The predicted molar refractivity (Wildman–Crippen MR) is 49.6 cm³/mol. The van der Waals surface area contributed by atoms with Gasteiger partial charge < -0.3 is 20.7 Å². The van der Waals surface area contributed by atoms with Crippen LogP contribution in [0.5, 0.6) is 0 Å². The largest absolute Gasteiger partial charge is 0.378 e. The maximum Gasteiger partial charge on any atom is 0.312 e. The maximum atomic E-state index is 11.5. The monoisotopic (exact) mass is 201 g/mol. The molecule has 0 unspecified atom stereocenters. The lowest BCUT2D eigenvalue weighted by molar-refractivity contribution is -0.135. The van der Waals surface area contributed by atoms with Gasteiger partial charge >= 0.3 is 6.03 Å². The zero-order valence-corrected chi connectivity index (χ0v) is 7.99. The van der Waals surface area contributed by atoms with Crippen molar-refractivity contribution in [3.05, 3.63) is 0 Å². The third kappa shape index (κ3) is 3.61. The molecule has 3 amide bonds. The third-order valence-corrected chi connectivity index (χ3v) is 2.00. The summed E-state index contributed by atoms with van der Waals surface area (Å²) in [6.45, 7) is 2.75. The average molecular weight is 201 g/mol. The molecular formula is C8H15N3O3. The fourth-order valence-electron chi connectivity index (χ4n) is 1.26. The van der Waals surface area contributed by atoms with E-state index in [-0.39, 0.29) is 5.91 Å². The number of rotatable bonds is 3. The normalized spacial score (nSPS) is 16.4. The van der Waals surface area contributed by atoms with E-state index in [1.165, 1.54) is 0 Å². The van der Waals surface area contributed by atoms with Crippen LogP contribution in [0.3, 0.4) is 0 Å². The van der Waals surface area contributed by atoms with Crippen molar-refractivity contribution >= 4 is 11.9 Å². The first-order valence-electron chi connectivity index (χ1n) is 4.59. The van der Waals surface area contributed by atoms with E-state index in [1.807, 2.05) is 0 Å². The molecule has 1 aliphatic rings. The van der Waals surface area contributed by atoms with Crippen LogP contribution >= 0.6 is 0 Å². The van der Waals surface area contributed by atoms with Gasteiger partial charge in [0.2, 0.25) is 5.91 Å². The number of ether oxygens (including phenoxy) is 1. The number of carbonyl (C=O) groups is 2. The van der Waals surface area contributed by atoms with Gasteiger partial charge in [0, 0.05) is 26.1 Å². The Hall–Kier alpha value is -1.30. The average Bonchev–Trinajstić information content (AvgIpc) is 2.18. The number of nitrogens with zero attached hydrogens (tertiary/aromatic N) is 1. The van der Waals surface area contributed by atoms with Crippen LogP contribution in [0, 0.1) is 0 Å². The van der Waals surface area contributed by atoms with Gasteiger partial charge in [-0.15, -0.1) is 0 Å². The van der Waals surface area contributed by atoms with Crippen molar-refractivity contribution in [2.75, 3.05) is 32.8 Å². The third-order valence-electron chi connectivity index (χ3n) is 2.00. The number of amides is 3. The highest BCUT2D eigenvalue weighted by atomic mass is 16.5. The lowest BCUT2D eigenvalue weighted by Crippen LogP contribution is -2.42. The van der Waals surface area contributed by atoms with E-state index in [1.54, 1.807) is 4.90 Å². The van der Waals surface area contributed by atoms with Crippen molar-refractivity contribution in [3.8, 4) is 0 Å². The first kappa shape index (κ1) is 10.8. The van der Waals surface area contributed by atoms with Gasteiger partial charge in [-0.1, -0.05) is 0 Å². The van der Waals surface area contributed by atoms with Crippen molar-refractivity contribution < 1.29 is 14.3 Å². The van der Waals surface area contributed by atoms with Crippen LogP contribution in [0.2, 0.25) is 0 Å². The molecule has 1 aliphatic heterocycles. The quantitative estimate of drug-likeness (QED) is 0.608. The molecule has 0 radical (unpaired) electrons. The smallest absolute Gasteiger partial charge is 0.312 e. The molecule has 14 heavy (non-hydrogen) atoms. The van der Waals surface area contributed by atoms with Crippen molar-refractivity contribution in [1.82, 2.24) is 10.2 Å². The van der Waals surface area contributed by atoms with Gasteiger partial charge in [0.15, 0.2) is 0 Å². The van der Waals surface area contributed by atoms with Gasteiger partial charge in [0.1, 0.15) is 0 Å². The SMILES string of the molecule is NC(=O)NCCC(=O)N1CCOCC1. The van der Waals surface area contributed by atoms with Crippen LogP contribution in [0.25, 0.3) is 0 Å². The van der Waals surface area contributed by atoms with E-state index in [0.717, 1.165) is 0 Å². The van der Waals surface area contributed by atoms with Crippen molar-refractivity contribution in [2.24, 2.45) is 5.73 Å². The van der Waals surface area contributed by atoms with E-state index in [9.17, 15) is 9.59 Å². The summed E-state index contributed by atoms with van der Waals surface area (Å²) in [6.07, 6.45) is 0.295. The Balaban J connectivity index is 2.16. The fourth-order valence-corrected chi connectivity index (χ4v) is 1.26. The van der Waals surface area contributed by atoms with Crippen LogP contribution in [0.1, 0.15) is 6.42 Å². The Bertz CT molecular complexity index is 214. The van der Waals surface area contributed by atoms with Crippen molar-refractivity contribution in [3.63, 3.8) is 0 Å². The molecule has 1 heterocycles. The Kier molecular flexibility index (Phi) is 4.18. The van der Waals surface area contributed by atoms with Gasteiger partial charge in [0.25, 0.3) is 0 Å². The molecule has 0 bridgehead atoms. The summed E-state index contributed by atoms with van der Waals surface area (Å²) in [5.74, 6) is 0.0297. The van der Waals surface area contributed by atoms with Crippen LogP contribution in [-0.2, 0) is 9.53 Å². The number of hydrogen-bond donors (Lipinski definition) is 2. The number of nitrogens with two attached hydrogens (primary N) is 1. The Morgan fingerprint density at radius 3 is 2.57 bits per heavy atom. The molecule has 0 spiro atoms. The van der Waals surface area contributed by atoms with E-state index >= 15 is 0 Å². The van der Waals surface area contributed by atoms with Gasteiger partial charge in [-0.3, -0.25) is 4.79 Å². The molecule has 0 saturated carbocycles. The molecule has 0 atom stereocenters. The number of urea groups is 1. The standard InChI is InChI=1S/C8H15N3O3/c9-8(13)10-2-1-7(12)11-3-5-14-6-4-11/h1-6H2,(H3,9,10,13). The number of morpholine rings is 1. The maximum absolute atomic E-state index is 11.5. The first-order valence-corrected chi connectivity index (χ1v) is 4.59. The summed E-state index contributed by atoms with van der Waals surface area (Å²) >= 11 is 0. The highest BCUT2D eigenvalue weighted by Gasteiger charge is 2.15. The minimum absolute atomic E-state index is 0.0297. The van der Waals surface area contributed by atoms with E-state index in [2.05, 4.69) is 5.32 Å². The zero-order valence-electron chi connectivity index (χ0n) is 7.99. The summed E-state index contributed by atoms with van der Waals surface area (Å²) in [5, 5.41) is 2.38. The molecule has 3 N–H and O–H groups in total. The molecule has 0 aromatic heterocycles. The summed E-state index contributed by atoms with van der Waals surface area (Å²) in [4.78, 5) is 23.5.